The largest absolute Gasteiger partial charge is 0.310 e. The van der Waals surface area contributed by atoms with Crippen molar-refractivity contribution >= 4 is 60.7 Å². The summed E-state index contributed by atoms with van der Waals surface area (Å²) in [6.07, 6.45) is 0. The molecule has 3 nitrogen and oxygen atoms in total. The van der Waals surface area contributed by atoms with Gasteiger partial charge in [0.05, 0.1) is 22.1 Å². The first-order chi connectivity index (χ1) is 32.5. The van der Waals surface area contributed by atoms with E-state index in [0.717, 1.165) is 28.4 Å². The zero-order valence-corrected chi connectivity index (χ0v) is 36.9. The Morgan fingerprint density at radius 1 is 0.333 bits per heavy atom. The van der Waals surface area contributed by atoms with Crippen LogP contribution < -0.4 is 4.90 Å². The summed E-state index contributed by atoms with van der Waals surface area (Å²) in [4.78, 5) is 2.40. The monoisotopic (exact) mass is 843 g/mol. The van der Waals surface area contributed by atoms with Gasteiger partial charge in [0, 0.05) is 55.4 Å². The van der Waals surface area contributed by atoms with E-state index < -0.39 is 0 Å². The number of hydrogen-bond donors (Lipinski definition) is 0. The molecule has 0 N–H and O–H groups in total. The average Bonchev–Trinajstić information content (AvgIpc) is 3.98. The Kier molecular flexibility index (Phi) is 8.56. The van der Waals surface area contributed by atoms with Gasteiger partial charge >= 0.3 is 0 Å². The third-order valence-electron chi connectivity index (χ3n) is 14.1. The van der Waals surface area contributed by atoms with Gasteiger partial charge in [-0.15, -0.1) is 0 Å². The fourth-order valence-electron chi connectivity index (χ4n) is 11.0. The van der Waals surface area contributed by atoms with Gasteiger partial charge in [0.2, 0.25) is 0 Å². The molecule has 0 atom stereocenters. The number of fused-ring (bicyclic) bond motifs is 10. The molecule has 13 rings (SSSR count). The Morgan fingerprint density at radius 2 is 0.833 bits per heavy atom. The van der Waals surface area contributed by atoms with Crippen molar-refractivity contribution in [1.82, 2.24) is 9.13 Å². The predicted octanol–water partition coefficient (Wildman–Crippen LogP) is 17.0. The lowest BCUT2D eigenvalue weighted by Gasteiger charge is -2.28. The van der Waals surface area contributed by atoms with Crippen molar-refractivity contribution in [2.24, 2.45) is 0 Å². The predicted molar refractivity (Wildman–Crippen MR) is 278 cm³/mol. The van der Waals surface area contributed by atoms with E-state index in [2.05, 4.69) is 264 Å². The van der Waals surface area contributed by atoms with Crippen LogP contribution >= 0.6 is 0 Å². The van der Waals surface area contributed by atoms with Gasteiger partial charge in [-0.05, 0) is 123 Å². The van der Waals surface area contributed by atoms with E-state index in [1.54, 1.807) is 0 Å². The van der Waals surface area contributed by atoms with Crippen molar-refractivity contribution in [3.8, 4) is 44.8 Å². The maximum Gasteiger partial charge on any atom is 0.0641 e. The molecule has 12 aromatic rings. The normalized spacial score (nSPS) is 12.8. The minimum Gasteiger partial charge on any atom is -0.310 e. The molecule has 0 saturated heterocycles. The summed E-state index contributed by atoms with van der Waals surface area (Å²) < 4.78 is 4.88. The number of benzene rings is 10. The maximum atomic E-state index is 2.45. The third kappa shape index (κ3) is 5.83. The summed E-state index contributed by atoms with van der Waals surface area (Å²) in [5.41, 5.74) is 20.6. The van der Waals surface area contributed by atoms with Crippen LogP contribution in [0.1, 0.15) is 25.0 Å². The van der Waals surface area contributed by atoms with E-state index in [9.17, 15) is 0 Å². The first-order valence-electron chi connectivity index (χ1n) is 22.9. The highest BCUT2D eigenvalue weighted by Gasteiger charge is 2.35. The second-order valence-corrected chi connectivity index (χ2v) is 18.1. The van der Waals surface area contributed by atoms with Crippen LogP contribution in [0, 0.1) is 0 Å². The van der Waals surface area contributed by atoms with Crippen molar-refractivity contribution in [2.75, 3.05) is 4.90 Å². The minimum atomic E-state index is -0.103. The molecule has 0 bridgehead atoms. The van der Waals surface area contributed by atoms with Crippen LogP contribution in [0.3, 0.4) is 0 Å². The summed E-state index contributed by atoms with van der Waals surface area (Å²) in [7, 11) is 0. The van der Waals surface area contributed by atoms with Crippen molar-refractivity contribution in [3.05, 3.63) is 248 Å². The fraction of sp³-hybridized carbons (Fsp3) is 0.0476. The van der Waals surface area contributed by atoms with Crippen LogP contribution in [0.5, 0.6) is 0 Å². The molecule has 66 heavy (non-hydrogen) atoms. The molecule has 0 radical (unpaired) electrons. The zero-order valence-electron chi connectivity index (χ0n) is 36.9. The van der Waals surface area contributed by atoms with Gasteiger partial charge in [-0.25, -0.2) is 0 Å². The molecule has 0 unspecified atom stereocenters. The molecule has 1 aliphatic carbocycles. The standard InChI is InChI=1S/C63H45N3/c1-63(2)56-22-12-9-19-51(56)52-38-37-50(41-57(52)63)64(47-31-25-43(26-32-47)42-15-5-3-6-16-42)48-33-27-44(28-34-48)45-29-35-49(36-30-45)65-59-24-14-11-21-55(59)61-60(65)40-39-54-53-20-10-13-23-58(53)66(62(54)61)46-17-7-4-8-18-46/h3-41H,1-2H3. The number of rotatable bonds is 7. The van der Waals surface area contributed by atoms with E-state index in [4.69, 9.17) is 0 Å². The number of aromatic nitrogens is 2. The molecular weight excluding hydrogens is 799 g/mol. The summed E-state index contributed by atoms with van der Waals surface area (Å²) >= 11 is 0. The van der Waals surface area contributed by atoms with Crippen LogP contribution in [0.25, 0.3) is 88.4 Å². The Labute approximate surface area is 384 Å². The Morgan fingerprint density at radius 3 is 1.52 bits per heavy atom. The summed E-state index contributed by atoms with van der Waals surface area (Å²) in [6.45, 7) is 4.71. The van der Waals surface area contributed by atoms with Crippen LogP contribution in [0.4, 0.5) is 17.1 Å². The van der Waals surface area contributed by atoms with E-state index in [0.29, 0.717) is 0 Å². The molecule has 10 aromatic carbocycles. The van der Waals surface area contributed by atoms with E-state index in [-0.39, 0.29) is 5.41 Å². The third-order valence-corrected chi connectivity index (χ3v) is 14.1. The van der Waals surface area contributed by atoms with Gasteiger partial charge in [-0.1, -0.05) is 172 Å². The Hall–Kier alpha value is -8.40. The topological polar surface area (TPSA) is 13.1 Å². The van der Waals surface area contributed by atoms with Gasteiger partial charge < -0.3 is 14.0 Å². The van der Waals surface area contributed by atoms with Crippen molar-refractivity contribution in [2.45, 2.75) is 19.3 Å². The molecular formula is C63H45N3. The summed E-state index contributed by atoms with van der Waals surface area (Å²) in [5, 5.41) is 5.03. The Bertz CT molecular complexity index is 3800. The maximum absolute atomic E-state index is 2.45. The average molecular weight is 844 g/mol. The van der Waals surface area contributed by atoms with Crippen LogP contribution in [0.2, 0.25) is 0 Å². The molecule has 1 aliphatic rings. The van der Waals surface area contributed by atoms with E-state index in [1.165, 1.54) is 88.1 Å². The molecule has 2 heterocycles. The number of hydrogen-bond acceptors (Lipinski definition) is 1. The minimum absolute atomic E-state index is 0.103. The molecule has 0 spiro atoms. The summed E-state index contributed by atoms with van der Waals surface area (Å²) in [5.74, 6) is 0. The number of anilines is 3. The van der Waals surface area contributed by atoms with Gasteiger partial charge in [0.15, 0.2) is 0 Å². The highest BCUT2D eigenvalue weighted by atomic mass is 15.1. The lowest BCUT2D eigenvalue weighted by atomic mass is 9.82. The molecule has 0 fully saturated rings. The molecule has 0 saturated carbocycles. The van der Waals surface area contributed by atoms with Crippen LogP contribution in [-0.4, -0.2) is 9.13 Å². The molecule has 312 valence electrons. The molecule has 3 heteroatoms. The number of para-hydroxylation sites is 3. The van der Waals surface area contributed by atoms with Gasteiger partial charge in [-0.3, -0.25) is 0 Å². The highest BCUT2D eigenvalue weighted by molar-refractivity contribution is 6.26. The van der Waals surface area contributed by atoms with E-state index in [1.807, 2.05) is 0 Å². The fourth-order valence-corrected chi connectivity index (χ4v) is 11.0. The highest BCUT2D eigenvalue weighted by Crippen LogP contribution is 2.51. The second-order valence-electron chi connectivity index (χ2n) is 18.1. The van der Waals surface area contributed by atoms with Crippen molar-refractivity contribution in [3.63, 3.8) is 0 Å². The van der Waals surface area contributed by atoms with Crippen molar-refractivity contribution < 1.29 is 0 Å². The van der Waals surface area contributed by atoms with Gasteiger partial charge in [0.1, 0.15) is 0 Å². The lowest BCUT2D eigenvalue weighted by Crippen LogP contribution is -2.16. The van der Waals surface area contributed by atoms with Gasteiger partial charge in [0.25, 0.3) is 0 Å². The molecule has 0 amide bonds. The number of nitrogens with zero attached hydrogens (tertiary/aromatic N) is 3. The van der Waals surface area contributed by atoms with E-state index >= 15 is 0 Å². The quantitative estimate of drug-likeness (QED) is 0.156. The first-order valence-corrected chi connectivity index (χ1v) is 22.9. The van der Waals surface area contributed by atoms with Crippen molar-refractivity contribution in [1.29, 1.82) is 0 Å². The van der Waals surface area contributed by atoms with Gasteiger partial charge in [-0.2, -0.15) is 0 Å². The second kappa shape index (κ2) is 14.8. The van der Waals surface area contributed by atoms with Crippen LogP contribution in [0.15, 0.2) is 237 Å². The smallest absolute Gasteiger partial charge is 0.0641 e. The summed E-state index contributed by atoms with van der Waals surface area (Å²) in [6, 6.07) is 86.7. The lowest BCUT2D eigenvalue weighted by molar-refractivity contribution is 0.660. The molecule has 0 aliphatic heterocycles. The zero-order chi connectivity index (χ0) is 43.9. The molecule has 2 aromatic heterocycles. The SMILES string of the molecule is CC1(C)c2ccccc2-c2ccc(N(c3ccc(-c4ccccc4)cc3)c3ccc(-c4ccc(-n5c6ccccc6c6c5ccc5c7ccccc7n(-c7ccccc7)c56)cc4)cc3)cc21. The van der Waals surface area contributed by atoms with Crippen LogP contribution in [-0.2, 0) is 5.41 Å². The Balaban J connectivity index is 0.892. The first kappa shape index (κ1) is 38.1.